The quantitative estimate of drug-likeness (QED) is 0.325. The smallest absolute Gasteiger partial charge is 0.257 e. The maximum atomic E-state index is 12.7. The van der Waals surface area contributed by atoms with Crippen molar-refractivity contribution in [3.63, 3.8) is 0 Å². The van der Waals surface area contributed by atoms with Crippen LogP contribution in [0.3, 0.4) is 0 Å². The van der Waals surface area contributed by atoms with Gasteiger partial charge in [0.15, 0.2) is 0 Å². The Morgan fingerprint density at radius 3 is 2.43 bits per heavy atom. The van der Waals surface area contributed by atoms with Gasteiger partial charge in [-0.1, -0.05) is 66.7 Å². The number of nitrogens with one attached hydrogen (secondary N) is 1. The molecule has 0 spiro atoms. The van der Waals surface area contributed by atoms with Crippen LogP contribution in [0.15, 0.2) is 99.9 Å². The highest BCUT2D eigenvalue weighted by Gasteiger charge is 2.12. The Hall–Kier alpha value is -3.99. The second-order valence-electron chi connectivity index (χ2n) is 6.29. The van der Waals surface area contributed by atoms with Crippen LogP contribution in [0.2, 0.25) is 0 Å². The average Bonchev–Trinajstić information content (AvgIpc) is 2.73. The summed E-state index contributed by atoms with van der Waals surface area (Å²) in [4.78, 5) is 15.6. The highest BCUT2D eigenvalue weighted by atomic mass is 16.1. The van der Waals surface area contributed by atoms with Crippen molar-refractivity contribution in [1.82, 2.24) is 4.98 Å². The standard InChI is InChI=1S/C23H18N4O/c24-20-12-6-4-11-18(20)15-25-27-22(16-8-2-1-3-9-16)19-14-17-10-5-7-13-21(17)26-23(19)28/h1-15H,24H2,(H,26,28)/b25-15-,27-22-. The molecule has 1 heterocycles. The summed E-state index contributed by atoms with van der Waals surface area (Å²) in [6.07, 6.45) is 1.59. The van der Waals surface area contributed by atoms with Crippen molar-refractivity contribution >= 4 is 28.5 Å². The Morgan fingerprint density at radius 1 is 0.893 bits per heavy atom. The second kappa shape index (κ2) is 7.72. The monoisotopic (exact) mass is 366 g/mol. The normalized spacial score (nSPS) is 11.9. The molecule has 0 fully saturated rings. The zero-order valence-corrected chi connectivity index (χ0v) is 15.0. The molecule has 0 atom stereocenters. The lowest BCUT2D eigenvalue weighted by atomic mass is 10.0. The van der Waals surface area contributed by atoms with E-state index in [4.69, 9.17) is 5.73 Å². The van der Waals surface area contributed by atoms with Crippen LogP contribution in [-0.4, -0.2) is 16.9 Å². The van der Waals surface area contributed by atoms with E-state index in [9.17, 15) is 4.79 Å². The van der Waals surface area contributed by atoms with Crippen molar-refractivity contribution < 1.29 is 0 Å². The number of benzene rings is 3. The van der Waals surface area contributed by atoms with Gasteiger partial charge in [-0.05, 0) is 23.6 Å². The van der Waals surface area contributed by atoms with Crippen molar-refractivity contribution in [1.29, 1.82) is 0 Å². The molecular weight excluding hydrogens is 348 g/mol. The third-order valence-corrected chi connectivity index (χ3v) is 4.41. The molecule has 0 aliphatic heterocycles. The highest BCUT2D eigenvalue weighted by Crippen LogP contribution is 2.15. The van der Waals surface area contributed by atoms with Crippen molar-refractivity contribution in [2.24, 2.45) is 10.2 Å². The molecule has 0 unspecified atom stereocenters. The van der Waals surface area contributed by atoms with Gasteiger partial charge in [-0.3, -0.25) is 4.79 Å². The molecule has 5 nitrogen and oxygen atoms in total. The van der Waals surface area contributed by atoms with Gasteiger partial charge in [-0.15, -0.1) is 5.10 Å². The number of aromatic nitrogens is 1. The molecule has 0 radical (unpaired) electrons. The van der Waals surface area contributed by atoms with Gasteiger partial charge < -0.3 is 10.7 Å². The number of nitrogens with zero attached hydrogens (tertiary/aromatic N) is 2. The van der Waals surface area contributed by atoms with E-state index in [1.165, 1.54) is 0 Å². The molecule has 4 aromatic rings. The summed E-state index contributed by atoms with van der Waals surface area (Å²) >= 11 is 0. The van der Waals surface area contributed by atoms with Crippen molar-refractivity contribution in [2.75, 3.05) is 5.73 Å². The second-order valence-corrected chi connectivity index (χ2v) is 6.29. The fourth-order valence-electron chi connectivity index (χ4n) is 2.96. The molecule has 0 aliphatic carbocycles. The van der Waals surface area contributed by atoms with Crippen molar-refractivity contribution in [2.45, 2.75) is 0 Å². The van der Waals surface area contributed by atoms with Crippen LogP contribution in [0.5, 0.6) is 0 Å². The summed E-state index contributed by atoms with van der Waals surface area (Å²) in [7, 11) is 0. The Bertz CT molecular complexity index is 1240. The average molecular weight is 366 g/mol. The lowest BCUT2D eigenvalue weighted by molar-refractivity contribution is 1.22. The van der Waals surface area contributed by atoms with E-state index in [0.717, 1.165) is 22.0 Å². The van der Waals surface area contributed by atoms with Crippen LogP contribution in [0.4, 0.5) is 5.69 Å². The Labute approximate surface area is 161 Å². The number of H-pyrrole nitrogens is 1. The van der Waals surface area contributed by atoms with E-state index in [1.807, 2.05) is 78.9 Å². The first kappa shape index (κ1) is 17.4. The Morgan fingerprint density at radius 2 is 1.61 bits per heavy atom. The van der Waals surface area contributed by atoms with E-state index >= 15 is 0 Å². The summed E-state index contributed by atoms with van der Waals surface area (Å²) in [5.74, 6) is 0. The number of fused-ring (bicyclic) bond motifs is 1. The van der Waals surface area contributed by atoms with Crippen LogP contribution < -0.4 is 11.3 Å². The zero-order valence-electron chi connectivity index (χ0n) is 15.0. The first-order chi connectivity index (χ1) is 13.7. The lowest BCUT2D eigenvalue weighted by Gasteiger charge is -2.06. The van der Waals surface area contributed by atoms with Crippen LogP contribution in [0.25, 0.3) is 10.9 Å². The predicted molar refractivity (Wildman–Crippen MR) is 115 cm³/mol. The predicted octanol–water partition coefficient (Wildman–Crippen LogP) is 3.98. The summed E-state index contributed by atoms with van der Waals surface area (Å²) in [6.45, 7) is 0. The van der Waals surface area contributed by atoms with Crippen LogP contribution >= 0.6 is 0 Å². The molecular formula is C23H18N4O. The summed E-state index contributed by atoms with van der Waals surface area (Å²) in [5, 5.41) is 9.51. The van der Waals surface area contributed by atoms with Crippen LogP contribution in [0.1, 0.15) is 16.7 Å². The summed E-state index contributed by atoms with van der Waals surface area (Å²) in [6, 6.07) is 26.4. The van der Waals surface area contributed by atoms with Crippen LogP contribution in [-0.2, 0) is 0 Å². The minimum atomic E-state index is -0.212. The number of para-hydroxylation sites is 2. The van der Waals surface area contributed by atoms with E-state index in [-0.39, 0.29) is 5.56 Å². The number of hydrogen-bond acceptors (Lipinski definition) is 4. The van der Waals surface area contributed by atoms with E-state index in [2.05, 4.69) is 15.2 Å². The minimum absolute atomic E-state index is 0.212. The molecule has 136 valence electrons. The summed E-state index contributed by atoms with van der Waals surface area (Å²) in [5.41, 5.74) is 9.67. The number of pyridine rings is 1. The number of rotatable bonds is 4. The number of nitrogen functional groups attached to an aromatic ring is 1. The van der Waals surface area contributed by atoms with Gasteiger partial charge in [0, 0.05) is 22.3 Å². The SMILES string of the molecule is Nc1ccccc1/C=N\N=C(\c1ccccc1)c1cc2ccccc2[nH]c1=O. The molecule has 0 aliphatic rings. The molecule has 0 bridgehead atoms. The molecule has 3 aromatic carbocycles. The third-order valence-electron chi connectivity index (χ3n) is 4.41. The first-order valence-corrected chi connectivity index (χ1v) is 8.86. The van der Waals surface area contributed by atoms with Crippen molar-refractivity contribution in [3.05, 3.63) is 112 Å². The molecule has 5 heteroatoms. The minimum Gasteiger partial charge on any atom is -0.398 e. The fourth-order valence-corrected chi connectivity index (χ4v) is 2.96. The summed E-state index contributed by atoms with van der Waals surface area (Å²) < 4.78 is 0. The third kappa shape index (κ3) is 3.59. The molecule has 28 heavy (non-hydrogen) atoms. The first-order valence-electron chi connectivity index (χ1n) is 8.86. The highest BCUT2D eigenvalue weighted by molar-refractivity contribution is 6.13. The number of hydrogen-bond donors (Lipinski definition) is 2. The maximum Gasteiger partial charge on any atom is 0.257 e. The van der Waals surface area contributed by atoms with Crippen molar-refractivity contribution in [3.8, 4) is 0 Å². The topological polar surface area (TPSA) is 83.6 Å². The van der Waals surface area contributed by atoms with Gasteiger partial charge in [0.2, 0.25) is 0 Å². The number of nitrogens with two attached hydrogens (primary N) is 1. The van der Waals surface area contributed by atoms with Gasteiger partial charge in [-0.25, -0.2) is 0 Å². The maximum absolute atomic E-state index is 12.7. The molecule has 0 amide bonds. The fraction of sp³-hybridized carbons (Fsp3) is 0. The Balaban J connectivity index is 1.84. The molecule has 1 aromatic heterocycles. The van der Waals surface area contributed by atoms with E-state index < -0.39 is 0 Å². The van der Waals surface area contributed by atoms with Gasteiger partial charge in [0.25, 0.3) is 5.56 Å². The number of aromatic amines is 1. The molecule has 4 rings (SSSR count). The lowest BCUT2D eigenvalue weighted by Crippen LogP contribution is -2.19. The van der Waals surface area contributed by atoms with Crippen LogP contribution in [0, 0.1) is 0 Å². The van der Waals surface area contributed by atoms with Gasteiger partial charge in [-0.2, -0.15) is 5.10 Å². The van der Waals surface area contributed by atoms with Gasteiger partial charge in [0.05, 0.1) is 11.8 Å². The Kier molecular flexibility index (Phi) is 4.80. The number of anilines is 1. The largest absolute Gasteiger partial charge is 0.398 e. The van der Waals surface area contributed by atoms with Gasteiger partial charge in [0.1, 0.15) is 5.71 Å². The molecule has 3 N–H and O–H groups in total. The molecule has 0 saturated carbocycles. The van der Waals surface area contributed by atoms with E-state index in [1.54, 1.807) is 12.3 Å². The van der Waals surface area contributed by atoms with E-state index in [0.29, 0.717) is 17.0 Å². The van der Waals surface area contributed by atoms with Gasteiger partial charge >= 0.3 is 0 Å². The molecule has 0 saturated heterocycles. The zero-order chi connectivity index (χ0) is 19.3.